The molecule has 1 saturated heterocycles. The molecule has 7 N–H and O–H groups in total. The first-order valence-electron chi connectivity index (χ1n) is 11.1. The molecule has 1 aliphatic heterocycles. The van der Waals surface area contributed by atoms with Gasteiger partial charge in [0, 0.05) is 6.54 Å². The fourth-order valence-electron chi connectivity index (χ4n) is 3.59. The number of carboxylic acids is 1. The molecule has 0 spiro atoms. The number of amides is 4. The fourth-order valence-corrected chi connectivity index (χ4v) is 3.59. The van der Waals surface area contributed by atoms with Crippen LogP contribution in [0.3, 0.4) is 0 Å². The van der Waals surface area contributed by atoms with Crippen molar-refractivity contribution in [2.75, 3.05) is 6.54 Å². The maximum Gasteiger partial charge on any atom is 0.326 e. The monoisotopic (exact) mass is 455 g/mol. The number of carboxylic acid groups (broad SMARTS) is 1. The Morgan fingerprint density at radius 1 is 1.03 bits per heavy atom. The number of nitrogens with one attached hydrogen (secondary N) is 2. The molecule has 11 nitrogen and oxygen atoms in total. The summed E-state index contributed by atoms with van der Waals surface area (Å²) in [7, 11) is 0. The first-order valence-corrected chi connectivity index (χ1v) is 11.1. The van der Waals surface area contributed by atoms with E-state index in [0.717, 1.165) is 0 Å². The molecule has 1 rings (SSSR count). The highest BCUT2D eigenvalue weighted by atomic mass is 16.4. The molecular formula is C21H37N5O6. The van der Waals surface area contributed by atoms with E-state index in [9.17, 15) is 29.1 Å². The summed E-state index contributed by atoms with van der Waals surface area (Å²) in [6.45, 7) is 7.54. The van der Waals surface area contributed by atoms with Crippen LogP contribution < -0.4 is 22.1 Å². The number of carbonyl (C=O) groups is 5. The molecule has 1 fully saturated rings. The molecule has 6 atom stereocenters. The molecule has 1 heterocycles. The average molecular weight is 456 g/mol. The first kappa shape index (κ1) is 27.3. The average Bonchev–Trinajstić information content (AvgIpc) is 3.24. The Kier molecular flexibility index (Phi) is 10.6. The molecule has 11 heteroatoms. The second kappa shape index (κ2) is 12.4. The van der Waals surface area contributed by atoms with Crippen LogP contribution in [0.1, 0.15) is 59.8 Å². The Bertz CT molecular complexity index is 715. The molecule has 182 valence electrons. The van der Waals surface area contributed by atoms with Crippen molar-refractivity contribution in [1.82, 2.24) is 15.5 Å². The highest BCUT2D eigenvalue weighted by Crippen LogP contribution is 2.21. The second-order valence-electron chi connectivity index (χ2n) is 8.54. The van der Waals surface area contributed by atoms with Gasteiger partial charge in [0.05, 0.1) is 12.5 Å². The number of hydrogen-bond donors (Lipinski definition) is 5. The van der Waals surface area contributed by atoms with Gasteiger partial charge in [0.2, 0.25) is 23.6 Å². The predicted molar refractivity (Wildman–Crippen MR) is 117 cm³/mol. The van der Waals surface area contributed by atoms with Gasteiger partial charge < -0.3 is 32.1 Å². The summed E-state index contributed by atoms with van der Waals surface area (Å²) in [6.07, 6.45) is 1.61. The third-order valence-electron chi connectivity index (χ3n) is 6.20. The number of hydrogen-bond acceptors (Lipinski definition) is 6. The van der Waals surface area contributed by atoms with Crippen molar-refractivity contribution < 1.29 is 29.1 Å². The minimum absolute atomic E-state index is 0.148. The summed E-state index contributed by atoms with van der Waals surface area (Å²) < 4.78 is 0. The van der Waals surface area contributed by atoms with Gasteiger partial charge in [-0.3, -0.25) is 19.2 Å². The fraction of sp³-hybridized carbons (Fsp3) is 0.762. The van der Waals surface area contributed by atoms with Crippen LogP contribution in [-0.4, -0.2) is 70.3 Å². The van der Waals surface area contributed by atoms with Crippen molar-refractivity contribution in [2.24, 2.45) is 23.3 Å². The number of carbonyl (C=O) groups excluding carboxylic acids is 4. The van der Waals surface area contributed by atoms with E-state index in [1.165, 1.54) is 4.90 Å². The number of primary amides is 1. The highest BCUT2D eigenvalue weighted by molar-refractivity contribution is 5.96. The van der Waals surface area contributed by atoms with E-state index in [0.29, 0.717) is 25.7 Å². The van der Waals surface area contributed by atoms with Crippen molar-refractivity contribution in [1.29, 1.82) is 0 Å². The van der Waals surface area contributed by atoms with Crippen LogP contribution in [0.15, 0.2) is 0 Å². The SMILES string of the molecule is CCC(C)C(N)C(=O)NC(CC(N)=O)C(=O)NC(C(=O)N1CCCC1C(=O)O)C(C)CC. The minimum atomic E-state index is -1.30. The molecule has 1 aliphatic rings. The van der Waals surface area contributed by atoms with Crippen molar-refractivity contribution in [3.8, 4) is 0 Å². The zero-order valence-electron chi connectivity index (χ0n) is 19.3. The Labute approximate surface area is 188 Å². The minimum Gasteiger partial charge on any atom is -0.480 e. The van der Waals surface area contributed by atoms with Crippen LogP contribution in [0, 0.1) is 11.8 Å². The lowest BCUT2D eigenvalue weighted by atomic mass is 9.96. The van der Waals surface area contributed by atoms with Crippen LogP contribution in [0.2, 0.25) is 0 Å². The molecule has 0 aliphatic carbocycles. The maximum atomic E-state index is 13.1. The molecule has 0 radical (unpaired) electrons. The summed E-state index contributed by atoms with van der Waals surface area (Å²) >= 11 is 0. The summed E-state index contributed by atoms with van der Waals surface area (Å²) in [5, 5.41) is 14.5. The van der Waals surface area contributed by atoms with Crippen LogP contribution >= 0.6 is 0 Å². The van der Waals surface area contributed by atoms with Gasteiger partial charge in [-0.15, -0.1) is 0 Å². The van der Waals surface area contributed by atoms with Gasteiger partial charge in [-0.1, -0.05) is 40.5 Å². The van der Waals surface area contributed by atoms with Gasteiger partial charge in [0.25, 0.3) is 0 Å². The van der Waals surface area contributed by atoms with E-state index in [4.69, 9.17) is 11.5 Å². The van der Waals surface area contributed by atoms with Gasteiger partial charge in [0.1, 0.15) is 18.1 Å². The Balaban J connectivity index is 3.05. The van der Waals surface area contributed by atoms with Crippen molar-refractivity contribution in [2.45, 2.75) is 84.0 Å². The summed E-state index contributed by atoms with van der Waals surface area (Å²) in [5.74, 6) is -4.21. The lowest BCUT2D eigenvalue weighted by molar-refractivity contribution is -0.150. The smallest absolute Gasteiger partial charge is 0.326 e. The van der Waals surface area contributed by atoms with Crippen LogP contribution in [0.5, 0.6) is 0 Å². The van der Waals surface area contributed by atoms with Gasteiger partial charge in [-0.05, 0) is 24.7 Å². The van der Waals surface area contributed by atoms with E-state index < -0.39 is 60.2 Å². The Morgan fingerprint density at radius 3 is 2.12 bits per heavy atom. The summed E-state index contributed by atoms with van der Waals surface area (Å²) in [4.78, 5) is 62.9. The highest BCUT2D eigenvalue weighted by Gasteiger charge is 2.40. The number of nitrogens with two attached hydrogens (primary N) is 2. The van der Waals surface area contributed by atoms with Crippen LogP contribution in [0.25, 0.3) is 0 Å². The van der Waals surface area contributed by atoms with E-state index in [-0.39, 0.29) is 18.4 Å². The van der Waals surface area contributed by atoms with E-state index in [1.807, 2.05) is 13.8 Å². The van der Waals surface area contributed by atoms with E-state index >= 15 is 0 Å². The Hall–Kier alpha value is -2.69. The van der Waals surface area contributed by atoms with Crippen molar-refractivity contribution >= 4 is 29.6 Å². The van der Waals surface area contributed by atoms with Gasteiger partial charge in [-0.25, -0.2) is 4.79 Å². The quantitative estimate of drug-likeness (QED) is 0.258. The standard InChI is InChI=1S/C21H37N5O6/c1-5-11(3)16(23)19(29)24-13(10-15(22)27)18(28)25-17(12(4)6-2)20(30)26-9-7-8-14(26)21(31)32/h11-14,16-17H,5-10,23H2,1-4H3,(H2,22,27)(H,24,29)(H,25,28)(H,31,32). The molecule has 6 unspecified atom stereocenters. The topological polar surface area (TPSA) is 185 Å². The molecule has 32 heavy (non-hydrogen) atoms. The number of likely N-dealkylation sites (tertiary alicyclic amines) is 1. The van der Waals surface area contributed by atoms with Crippen LogP contribution in [-0.2, 0) is 24.0 Å². The normalized spacial score (nSPS) is 20.5. The maximum absolute atomic E-state index is 13.1. The van der Waals surface area contributed by atoms with E-state index in [2.05, 4.69) is 10.6 Å². The van der Waals surface area contributed by atoms with Gasteiger partial charge in [0.15, 0.2) is 0 Å². The molecule has 4 amide bonds. The molecule has 0 aromatic heterocycles. The third-order valence-corrected chi connectivity index (χ3v) is 6.20. The van der Waals surface area contributed by atoms with Crippen molar-refractivity contribution in [3.63, 3.8) is 0 Å². The predicted octanol–water partition coefficient (Wildman–Crippen LogP) is -0.673. The second-order valence-corrected chi connectivity index (χ2v) is 8.54. The Morgan fingerprint density at radius 2 is 1.62 bits per heavy atom. The number of aliphatic carboxylic acids is 1. The molecule has 0 saturated carbocycles. The molecule has 0 bridgehead atoms. The lowest BCUT2D eigenvalue weighted by Gasteiger charge is -2.31. The number of rotatable bonds is 12. The summed E-state index contributed by atoms with van der Waals surface area (Å²) in [5.41, 5.74) is 11.2. The van der Waals surface area contributed by atoms with Crippen LogP contribution in [0.4, 0.5) is 0 Å². The molecular weight excluding hydrogens is 418 g/mol. The van der Waals surface area contributed by atoms with Crippen molar-refractivity contribution in [3.05, 3.63) is 0 Å². The van der Waals surface area contributed by atoms with E-state index in [1.54, 1.807) is 13.8 Å². The number of nitrogens with zero attached hydrogens (tertiary/aromatic N) is 1. The lowest BCUT2D eigenvalue weighted by Crippen LogP contribution is -2.59. The largest absolute Gasteiger partial charge is 0.480 e. The van der Waals surface area contributed by atoms with Gasteiger partial charge >= 0.3 is 5.97 Å². The summed E-state index contributed by atoms with van der Waals surface area (Å²) in [6, 6.07) is -4.14. The molecule has 0 aromatic rings. The first-order chi connectivity index (χ1) is 14.9. The van der Waals surface area contributed by atoms with Gasteiger partial charge in [-0.2, -0.15) is 0 Å². The zero-order chi connectivity index (χ0) is 24.6. The third kappa shape index (κ3) is 7.18. The molecule has 0 aromatic carbocycles. The zero-order valence-corrected chi connectivity index (χ0v) is 19.3.